The van der Waals surface area contributed by atoms with Crippen LogP contribution in [0.3, 0.4) is 0 Å². The van der Waals surface area contributed by atoms with Crippen molar-refractivity contribution >= 4 is 23.5 Å². The predicted octanol–water partition coefficient (Wildman–Crippen LogP) is 2.95. The summed E-state index contributed by atoms with van der Waals surface area (Å²) in [4.78, 5) is 38.7. The number of carbonyl (C=O) groups is 2. The summed E-state index contributed by atoms with van der Waals surface area (Å²) in [6, 6.07) is 11.8. The van der Waals surface area contributed by atoms with E-state index in [-0.39, 0.29) is 62.5 Å². The highest BCUT2D eigenvalue weighted by atomic mass is 19.1. The van der Waals surface area contributed by atoms with Crippen molar-refractivity contribution in [2.24, 2.45) is 0 Å². The summed E-state index contributed by atoms with van der Waals surface area (Å²) < 4.78 is 38.7. The molecule has 1 N–H and O–H groups in total. The van der Waals surface area contributed by atoms with E-state index in [1.807, 2.05) is 24.3 Å². The summed E-state index contributed by atoms with van der Waals surface area (Å²) in [6.45, 7) is 2.70. The molecule has 3 heterocycles. The van der Waals surface area contributed by atoms with Crippen LogP contribution < -0.4 is 19.7 Å². The van der Waals surface area contributed by atoms with E-state index >= 15 is 0 Å². The Balaban J connectivity index is 1.13. The smallest absolute Gasteiger partial charge is 0.414 e. The fraction of sp³-hybridized carbons (Fsp3) is 0.346. The molecule has 0 aliphatic carbocycles. The summed E-state index contributed by atoms with van der Waals surface area (Å²) in [7, 11) is 0. The Morgan fingerprint density at radius 2 is 2.02 bits per heavy atom. The molecular weight excluding hydrogens is 529 g/mol. The van der Waals surface area contributed by atoms with Crippen LogP contribution in [-0.2, 0) is 34.0 Å². The molecule has 40 heavy (non-hydrogen) atoms. The van der Waals surface area contributed by atoms with Crippen LogP contribution in [0.5, 0.6) is 11.8 Å². The third kappa shape index (κ3) is 6.29. The number of benzene rings is 2. The highest BCUT2D eigenvalue weighted by Crippen LogP contribution is 2.28. The number of aromatic nitrogens is 2. The minimum absolute atomic E-state index is 0.0253. The van der Waals surface area contributed by atoms with E-state index in [1.54, 1.807) is 10.6 Å². The standard InChI is InChI=1S/C26H26FN5O8/c1-16(33)28-9-20-11-31(26(34)40-20)19-5-6-23(22(27)8-19)38-14-18-4-2-3-17(7-18)13-37-21-10-30-12-24(32(35)36)29-25(30)39-15-21/h2-8,12,20-21H,9-11,13-15H2,1H3,(H,28,33)/t20-,21?/m1/s1. The molecule has 5 rings (SSSR count). The number of anilines is 1. The average molecular weight is 556 g/mol. The molecule has 1 saturated heterocycles. The van der Waals surface area contributed by atoms with Crippen molar-refractivity contribution < 1.29 is 37.9 Å². The molecule has 1 unspecified atom stereocenters. The Hall–Kier alpha value is -4.72. The average Bonchev–Trinajstić information content (AvgIpc) is 3.53. The number of ether oxygens (including phenoxy) is 4. The van der Waals surface area contributed by atoms with Crippen LogP contribution in [0.15, 0.2) is 48.7 Å². The summed E-state index contributed by atoms with van der Waals surface area (Å²) in [5.74, 6) is -1.12. The number of carbonyl (C=O) groups excluding carboxylic acids is 2. The molecule has 0 bridgehead atoms. The lowest BCUT2D eigenvalue weighted by atomic mass is 10.1. The Kier molecular flexibility index (Phi) is 7.77. The molecule has 0 saturated carbocycles. The molecule has 0 radical (unpaired) electrons. The van der Waals surface area contributed by atoms with Gasteiger partial charge in [-0.15, -0.1) is 0 Å². The van der Waals surface area contributed by atoms with Crippen molar-refractivity contribution in [1.82, 2.24) is 14.9 Å². The van der Waals surface area contributed by atoms with E-state index in [2.05, 4.69) is 10.3 Å². The monoisotopic (exact) mass is 555 g/mol. The van der Waals surface area contributed by atoms with Gasteiger partial charge in [-0.1, -0.05) is 24.3 Å². The van der Waals surface area contributed by atoms with Gasteiger partial charge in [0.05, 0.1) is 31.9 Å². The van der Waals surface area contributed by atoms with Crippen LogP contribution in [0.4, 0.5) is 20.7 Å². The van der Waals surface area contributed by atoms with Crippen molar-refractivity contribution in [3.8, 4) is 11.8 Å². The highest BCUT2D eigenvalue weighted by Gasteiger charge is 2.33. The third-order valence-corrected chi connectivity index (χ3v) is 6.26. The maximum Gasteiger partial charge on any atom is 0.414 e. The van der Waals surface area contributed by atoms with E-state index in [9.17, 15) is 24.1 Å². The van der Waals surface area contributed by atoms with Crippen LogP contribution in [0, 0.1) is 15.9 Å². The Morgan fingerprint density at radius 1 is 1.23 bits per heavy atom. The van der Waals surface area contributed by atoms with Gasteiger partial charge in [0.15, 0.2) is 11.6 Å². The second-order valence-electron chi connectivity index (χ2n) is 9.31. The Labute approximate surface area is 227 Å². The number of nitrogens with one attached hydrogen (secondary N) is 1. The summed E-state index contributed by atoms with van der Waals surface area (Å²) >= 11 is 0. The SMILES string of the molecule is CC(=O)NC[C@@H]1CN(c2ccc(OCc3cccc(COC4COc5nc([N+](=O)[O-])cn5C4)c3)c(F)c2)C(=O)O1. The third-order valence-electron chi connectivity index (χ3n) is 6.26. The van der Waals surface area contributed by atoms with Gasteiger partial charge in [-0.25, -0.2) is 9.18 Å². The number of cyclic esters (lactones) is 1. The molecular formula is C26H26FN5O8. The quantitative estimate of drug-likeness (QED) is 0.295. The summed E-state index contributed by atoms with van der Waals surface area (Å²) in [5.41, 5.74) is 1.98. The minimum Gasteiger partial charge on any atom is -0.486 e. The van der Waals surface area contributed by atoms with Crippen LogP contribution in [0.1, 0.15) is 18.1 Å². The van der Waals surface area contributed by atoms with E-state index in [0.29, 0.717) is 12.2 Å². The molecule has 1 fully saturated rings. The number of fused-ring (bicyclic) bond motifs is 1. The van der Waals surface area contributed by atoms with Gasteiger partial charge >= 0.3 is 17.9 Å². The van der Waals surface area contributed by atoms with Gasteiger partial charge in [0.25, 0.3) is 0 Å². The largest absolute Gasteiger partial charge is 0.486 e. The van der Waals surface area contributed by atoms with Crippen molar-refractivity contribution in [2.45, 2.75) is 38.9 Å². The number of nitrogens with zero attached hydrogens (tertiary/aromatic N) is 4. The fourth-order valence-corrected chi connectivity index (χ4v) is 4.32. The number of hydrogen-bond acceptors (Lipinski definition) is 9. The van der Waals surface area contributed by atoms with Crippen LogP contribution in [-0.4, -0.2) is 58.4 Å². The van der Waals surface area contributed by atoms with Gasteiger partial charge in [-0.3, -0.25) is 14.3 Å². The Bertz CT molecular complexity index is 1430. The Morgan fingerprint density at radius 3 is 2.77 bits per heavy atom. The van der Waals surface area contributed by atoms with E-state index in [0.717, 1.165) is 11.1 Å². The first kappa shape index (κ1) is 26.9. The van der Waals surface area contributed by atoms with Gasteiger partial charge in [-0.05, 0) is 28.2 Å². The molecule has 1 aromatic heterocycles. The first-order chi connectivity index (χ1) is 19.2. The maximum absolute atomic E-state index is 14.8. The van der Waals surface area contributed by atoms with Crippen molar-refractivity contribution in [3.05, 3.63) is 75.7 Å². The first-order valence-electron chi connectivity index (χ1n) is 12.4. The predicted molar refractivity (Wildman–Crippen MR) is 136 cm³/mol. The second kappa shape index (κ2) is 11.6. The number of amides is 2. The molecule has 2 aliphatic heterocycles. The second-order valence-corrected chi connectivity index (χ2v) is 9.31. The maximum atomic E-state index is 14.8. The molecule has 2 aromatic carbocycles. The van der Waals surface area contributed by atoms with Crippen molar-refractivity contribution in [2.75, 3.05) is 24.6 Å². The molecule has 2 aliphatic rings. The van der Waals surface area contributed by atoms with Gasteiger partial charge in [0, 0.05) is 18.0 Å². The molecule has 14 heteroatoms. The summed E-state index contributed by atoms with van der Waals surface area (Å²) in [5, 5.41) is 13.5. The van der Waals surface area contributed by atoms with Gasteiger partial charge in [0.2, 0.25) is 5.91 Å². The topological polar surface area (TPSA) is 147 Å². The number of hydrogen-bond donors (Lipinski definition) is 1. The fourth-order valence-electron chi connectivity index (χ4n) is 4.32. The minimum atomic E-state index is -0.633. The zero-order valence-electron chi connectivity index (χ0n) is 21.4. The van der Waals surface area contributed by atoms with E-state index in [1.165, 1.54) is 30.2 Å². The highest BCUT2D eigenvalue weighted by molar-refractivity contribution is 5.90. The number of nitro groups is 1. The lowest BCUT2D eigenvalue weighted by Crippen LogP contribution is -2.33. The zero-order chi connectivity index (χ0) is 28.2. The van der Waals surface area contributed by atoms with Crippen LogP contribution in [0.2, 0.25) is 0 Å². The van der Waals surface area contributed by atoms with E-state index in [4.69, 9.17) is 18.9 Å². The van der Waals surface area contributed by atoms with Crippen molar-refractivity contribution in [1.29, 1.82) is 0 Å². The lowest BCUT2D eigenvalue weighted by molar-refractivity contribution is -0.389. The molecule has 3 aromatic rings. The van der Waals surface area contributed by atoms with Gasteiger partial charge < -0.3 is 34.4 Å². The summed E-state index contributed by atoms with van der Waals surface area (Å²) in [6.07, 6.45) is -0.144. The normalized spacial score (nSPS) is 18.1. The molecule has 13 nitrogen and oxygen atoms in total. The van der Waals surface area contributed by atoms with Crippen LogP contribution >= 0.6 is 0 Å². The molecule has 210 valence electrons. The van der Waals surface area contributed by atoms with E-state index < -0.39 is 22.9 Å². The molecule has 0 spiro atoms. The molecule has 2 atom stereocenters. The van der Waals surface area contributed by atoms with Gasteiger partial charge in [0.1, 0.15) is 31.6 Å². The number of imidazole rings is 1. The van der Waals surface area contributed by atoms with Crippen molar-refractivity contribution in [3.63, 3.8) is 0 Å². The number of halogens is 1. The zero-order valence-corrected chi connectivity index (χ0v) is 21.4. The number of rotatable bonds is 10. The molecule has 2 amide bonds. The first-order valence-corrected chi connectivity index (χ1v) is 12.4. The van der Waals surface area contributed by atoms with Gasteiger partial charge in [-0.2, -0.15) is 0 Å². The van der Waals surface area contributed by atoms with Crippen LogP contribution in [0.25, 0.3) is 0 Å². The lowest BCUT2D eigenvalue weighted by Gasteiger charge is -2.22.